The first-order chi connectivity index (χ1) is 9.09. The molecule has 2 unspecified atom stereocenters. The fourth-order valence-electron chi connectivity index (χ4n) is 2.70. The Kier molecular flexibility index (Phi) is 4.39. The quantitative estimate of drug-likeness (QED) is 0.831. The predicted octanol–water partition coefficient (Wildman–Crippen LogP) is 4.72. The van der Waals surface area contributed by atoms with Crippen molar-refractivity contribution in [3.8, 4) is 0 Å². The lowest BCUT2D eigenvalue weighted by atomic mass is 9.98. The number of hydrogen-bond acceptors (Lipinski definition) is 1. The molecule has 0 heterocycles. The molecule has 0 saturated carbocycles. The zero-order chi connectivity index (χ0) is 13.8. The summed E-state index contributed by atoms with van der Waals surface area (Å²) in [5.74, 6) is 0. The molecule has 0 fully saturated rings. The maximum absolute atomic E-state index is 3.69. The molecule has 2 rings (SSSR count). The Morgan fingerprint density at radius 2 is 1.05 bits per heavy atom. The Labute approximate surface area is 116 Å². The molecule has 0 bridgehead atoms. The average Bonchev–Trinajstić information content (AvgIpc) is 2.39. The van der Waals surface area contributed by atoms with Crippen LogP contribution in [0, 0.1) is 13.8 Å². The first-order valence-electron chi connectivity index (χ1n) is 6.96. The SMILES string of the molecule is Cc1ccccc1C(C)NC(C)c1ccccc1C. The Morgan fingerprint density at radius 1 is 0.684 bits per heavy atom. The van der Waals surface area contributed by atoms with E-state index in [1.807, 2.05) is 0 Å². The van der Waals surface area contributed by atoms with Gasteiger partial charge in [0.15, 0.2) is 0 Å². The van der Waals surface area contributed by atoms with E-state index in [9.17, 15) is 0 Å². The molecule has 0 spiro atoms. The molecule has 0 aliphatic heterocycles. The van der Waals surface area contributed by atoms with Gasteiger partial charge in [0.2, 0.25) is 0 Å². The van der Waals surface area contributed by atoms with Gasteiger partial charge in [0.05, 0.1) is 0 Å². The van der Waals surface area contributed by atoms with Crippen LogP contribution in [0.25, 0.3) is 0 Å². The van der Waals surface area contributed by atoms with Gasteiger partial charge in [-0.25, -0.2) is 0 Å². The lowest BCUT2D eigenvalue weighted by molar-refractivity contribution is 0.492. The minimum atomic E-state index is 0.357. The monoisotopic (exact) mass is 253 g/mol. The van der Waals surface area contributed by atoms with Crippen LogP contribution >= 0.6 is 0 Å². The van der Waals surface area contributed by atoms with Crippen LogP contribution in [-0.4, -0.2) is 0 Å². The molecule has 0 aliphatic rings. The highest BCUT2D eigenvalue weighted by Crippen LogP contribution is 2.23. The Morgan fingerprint density at radius 3 is 1.42 bits per heavy atom. The molecule has 1 heteroatoms. The minimum Gasteiger partial charge on any atom is -0.304 e. The molecule has 1 nitrogen and oxygen atoms in total. The van der Waals surface area contributed by atoms with Crippen molar-refractivity contribution in [2.75, 3.05) is 0 Å². The number of rotatable bonds is 4. The number of aryl methyl sites for hydroxylation is 2. The summed E-state index contributed by atoms with van der Waals surface area (Å²) in [6, 6.07) is 17.9. The van der Waals surface area contributed by atoms with E-state index in [0.717, 1.165) is 0 Å². The van der Waals surface area contributed by atoms with Crippen molar-refractivity contribution >= 4 is 0 Å². The van der Waals surface area contributed by atoms with Gasteiger partial charge in [-0.15, -0.1) is 0 Å². The highest BCUT2D eigenvalue weighted by Gasteiger charge is 2.13. The summed E-state index contributed by atoms with van der Waals surface area (Å²) in [5, 5.41) is 3.69. The third-order valence-electron chi connectivity index (χ3n) is 3.81. The van der Waals surface area contributed by atoms with E-state index < -0.39 is 0 Å². The molecular formula is C18H23N. The maximum Gasteiger partial charge on any atom is 0.0300 e. The van der Waals surface area contributed by atoms with E-state index in [-0.39, 0.29) is 0 Å². The second kappa shape index (κ2) is 6.03. The fraction of sp³-hybridized carbons (Fsp3) is 0.333. The van der Waals surface area contributed by atoms with Crippen LogP contribution in [-0.2, 0) is 0 Å². The summed E-state index contributed by atoms with van der Waals surface area (Å²) in [6.45, 7) is 8.81. The lowest BCUT2D eigenvalue weighted by Crippen LogP contribution is -2.23. The molecule has 0 aromatic heterocycles. The molecular weight excluding hydrogens is 230 g/mol. The summed E-state index contributed by atoms with van der Waals surface area (Å²) >= 11 is 0. The molecule has 0 aliphatic carbocycles. The second-order valence-corrected chi connectivity index (χ2v) is 5.32. The Hall–Kier alpha value is -1.60. The van der Waals surface area contributed by atoms with E-state index in [1.165, 1.54) is 22.3 Å². The van der Waals surface area contributed by atoms with Gasteiger partial charge in [-0.2, -0.15) is 0 Å². The van der Waals surface area contributed by atoms with Crippen LogP contribution in [0.15, 0.2) is 48.5 Å². The molecule has 0 saturated heterocycles. The van der Waals surface area contributed by atoms with Crippen molar-refractivity contribution in [2.24, 2.45) is 0 Å². The van der Waals surface area contributed by atoms with Gasteiger partial charge in [0, 0.05) is 12.1 Å². The molecule has 100 valence electrons. The predicted molar refractivity (Wildman–Crippen MR) is 82.3 cm³/mol. The number of benzene rings is 2. The van der Waals surface area contributed by atoms with Gasteiger partial charge >= 0.3 is 0 Å². The average molecular weight is 253 g/mol. The van der Waals surface area contributed by atoms with Crippen molar-refractivity contribution < 1.29 is 0 Å². The van der Waals surface area contributed by atoms with Crippen LogP contribution < -0.4 is 5.32 Å². The molecule has 2 aromatic rings. The minimum absolute atomic E-state index is 0.357. The van der Waals surface area contributed by atoms with Crippen molar-refractivity contribution in [1.29, 1.82) is 0 Å². The normalized spacial score (nSPS) is 14.1. The summed E-state index contributed by atoms with van der Waals surface area (Å²) in [7, 11) is 0. The highest BCUT2D eigenvalue weighted by atomic mass is 14.9. The second-order valence-electron chi connectivity index (χ2n) is 5.32. The molecule has 19 heavy (non-hydrogen) atoms. The first-order valence-corrected chi connectivity index (χ1v) is 6.96. The van der Waals surface area contributed by atoms with E-state index in [0.29, 0.717) is 12.1 Å². The smallest absolute Gasteiger partial charge is 0.0300 e. The molecule has 0 amide bonds. The van der Waals surface area contributed by atoms with Gasteiger partial charge in [-0.1, -0.05) is 48.5 Å². The third kappa shape index (κ3) is 3.24. The Balaban J connectivity index is 2.13. The van der Waals surface area contributed by atoms with Crippen molar-refractivity contribution in [3.63, 3.8) is 0 Å². The van der Waals surface area contributed by atoms with Gasteiger partial charge in [-0.3, -0.25) is 0 Å². The standard InChI is InChI=1S/C18H23N/c1-13-9-5-7-11-17(13)15(3)19-16(4)18-12-8-6-10-14(18)2/h5-12,15-16,19H,1-4H3. The summed E-state index contributed by atoms with van der Waals surface area (Å²) in [4.78, 5) is 0. The van der Waals surface area contributed by atoms with Gasteiger partial charge < -0.3 is 5.32 Å². The van der Waals surface area contributed by atoms with Crippen LogP contribution in [0.3, 0.4) is 0 Å². The summed E-state index contributed by atoms with van der Waals surface area (Å²) in [6.07, 6.45) is 0. The van der Waals surface area contributed by atoms with E-state index >= 15 is 0 Å². The van der Waals surface area contributed by atoms with Crippen LogP contribution in [0.2, 0.25) is 0 Å². The molecule has 2 aromatic carbocycles. The lowest BCUT2D eigenvalue weighted by Gasteiger charge is -2.23. The van der Waals surface area contributed by atoms with E-state index in [1.54, 1.807) is 0 Å². The zero-order valence-electron chi connectivity index (χ0n) is 12.3. The molecule has 2 atom stereocenters. The van der Waals surface area contributed by atoms with Crippen LogP contribution in [0.4, 0.5) is 0 Å². The summed E-state index contributed by atoms with van der Waals surface area (Å²) in [5.41, 5.74) is 5.45. The molecule has 1 N–H and O–H groups in total. The van der Waals surface area contributed by atoms with Crippen molar-refractivity contribution in [1.82, 2.24) is 5.32 Å². The van der Waals surface area contributed by atoms with Gasteiger partial charge in [-0.05, 0) is 49.9 Å². The highest BCUT2D eigenvalue weighted by molar-refractivity contribution is 5.31. The largest absolute Gasteiger partial charge is 0.304 e. The number of nitrogens with one attached hydrogen (secondary N) is 1. The summed E-state index contributed by atoms with van der Waals surface area (Å²) < 4.78 is 0. The van der Waals surface area contributed by atoms with Crippen LogP contribution in [0.5, 0.6) is 0 Å². The zero-order valence-corrected chi connectivity index (χ0v) is 12.3. The van der Waals surface area contributed by atoms with E-state index in [2.05, 4.69) is 81.5 Å². The topological polar surface area (TPSA) is 12.0 Å². The maximum atomic E-state index is 3.69. The van der Waals surface area contributed by atoms with Gasteiger partial charge in [0.25, 0.3) is 0 Å². The van der Waals surface area contributed by atoms with Crippen molar-refractivity contribution in [3.05, 3.63) is 70.8 Å². The molecule has 0 radical (unpaired) electrons. The third-order valence-corrected chi connectivity index (χ3v) is 3.81. The van der Waals surface area contributed by atoms with Gasteiger partial charge in [0.1, 0.15) is 0 Å². The van der Waals surface area contributed by atoms with E-state index in [4.69, 9.17) is 0 Å². The first kappa shape index (κ1) is 13.8. The van der Waals surface area contributed by atoms with Crippen LogP contribution in [0.1, 0.15) is 48.2 Å². The van der Waals surface area contributed by atoms with Crippen molar-refractivity contribution in [2.45, 2.75) is 39.8 Å². The Bertz CT molecular complexity index is 495. The number of hydrogen-bond donors (Lipinski definition) is 1. The fourth-order valence-corrected chi connectivity index (χ4v) is 2.70.